The zero-order valence-corrected chi connectivity index (χ0v) is 22.2. The quantitative estimate of drug-likeness (QED) is 0.165. The van der Waals surface area contributed by atoms with Crippen LogP contribution in [0.2, 0.25) is 0 Å². The number of carbonyl (C=O) groups excluding carboxylic acids is 1. The summed E-state index contributed by atoms with van der Waals surface area (Å²) in [6.07, 6.45) is 2.99. The van der Waals surface area contributed by atoms with E-state index in [2.05, 4.69) is 35.7 Å². The maximum absolute atomic E-state index is 9.91. The van der Waals surface area contributed by atoms with Gasteiger partial charge in [0.1, 0.15) is 5.25 Å². The molecule has 198 valence electrons. The molecule has 0 bridgehead atoms. The van der Waals surface area contributed by atoms with Gasteiger partial charge in [0.05, 0.1) is 45.2 Å². The number of nitrogens with zero attached hydrogens (tertiary/aromatic N) is 1. The van der Waals surface area contributed by atoms with Gasteiger partial charge in [0.15, 0.2) is 34.9 Å². The van der Waals surface area contributed by atoms with E-state index in [1.807, 2.05) is 18.2 Å². The molecule has 2 aromatic carbocycles. The Morgan fingerprint density at radius 1 is 0.892 bits per heavy atom. The molecule has 0 saturated heterocycles. The zero-order valence-electron chi connectivity index (χ0n) is 21.4. The summed E-state index contributed by atoms with van der Waals surface area (Å²) in [5, 5.41) is 12.3. The second-order valence-electron chi connectivity index (χ2n) is 8.08. The van der Waals surface area contributed by atoms with Gasteiger partial charge in [-0.3, -0.25) is 4.55 Å². The lowest BCUT2D eigenvalue weighted by Crippen LogP contribution is -2.38. The SMILES string of the molecule is CC(C(=O)[O-])S(=O)(=O)O.CCc1c2cc(OC)c(OC)cc2cc2c3cc(OC)c(OC)cc3cc[n+]12. The highest BCUT2D eigenvalue weighted by atomic mass is 32.2. The van der Waals surface area contributed by atoms with Crippen molar-refractivity contribution in [3.8, 4) is 23.0 Å². The number of methoxy groups -OCH3 is 4. The first-order valence-electron chi connectivity index (χ1n) is 11.3. The summed E-state index contributed by atoms with van der Waals surface area (Å²) >= 11 is 0. The van der Waals surface area contributed by atoms with Crippen LogP contribution in [-0.4, -0.2) is 52.6 Å². The highest BCUT2D eigenvalue weighted by Crippen LogP contribution is 2.36. The van der Waals surface area contributed by atoms with Crippen molar-refractivity contribution in [2.45, 2.75) is 25.5 Å². The Hall–Kier alpha value is -3.83. The molecule has 37 heavy (non-hydrogen) atoms. The van der Waals surface area contributed by atoms with Crippen LogP contribution >= 0.6 is 0 Å². The molecule has 4 rings (SSSR count). The van der Waals surface area contributed by atoms with Crippen LogP contribution in [0.3, 0.4) is 0 Å². The molecule has 0 amide bonds. The second kappa shape index (κ2) is 11.1. The van der Waals surface area contributed by atoms with Crippen molar-refractivity contribution in [1.29, 1.82) is 0 Å². The summed E-state index contributed by atoms with van der Waals surface area (Å²) in [7, 11) is 2.17. The molecule has 0 aliphatic rings. The summed E-state index contributed by atoms with van der Waals surface area (Å²) in [5.74, 6) is 1.09. The fraction of sp³-hybridized carbons (Fsp3) is 0.308. The third kappa shape index (κ3) is 5.47. The van der Waals surface area contributed by atoms with Crippen LogP contribution in [0, 0.1) is 0 Å². The van der Waals surface area contributed by atoms with Crippen molar-refractivity contribution in [3.63, 3.8) is 0 Å². The number of ether oxygens (including phenoxy) is 4. The predicted molar refractivity (Wildman–Crippen MR) is 136 cm³/mol. The van der Waals surface area contributed by atoms with E-state index in [-0.39, 0.29) is 0 Å². The average molecular weight is 532 g/mol. The van der Waals surface area contributed by atoms with E-state index in [1.54, 1.807) is 28.4 Å². The van der Waals surface area contributed by atoms with Gasteiger partial charge in [-0.1, -0.05) is 6.92 Å². The van der Waals surface area contributed by atoms with Crippen LogP contribution in [0.1, 0.15) is 19.5 Å². The number of carboxylic acids is 1. The number of pyridine rings is 2. The number of carbonyl (C=O) groups is 1. The molecule has 2 aromatic heterocycles. The van der Waals surface area contributed by atoms with Crippen molar-refractivity contribution in [2.75, 3.05) is 28.4 Å². The maximum atomic E-state index is 9.91. The summed E-state index contributed by atoms with van der Waals surface area (Å²) in [5.41, 5.74) is 2.32. The van der Waals surface area contributed by atoms with Crippen LogP contribution < -0.4 is 28.5 Å². The summed E-state index contributed by atoms with van der Waals surface area (Å²) in [4.78, 5) is 9.70. The Morgan fingerprint density at radius 3 is 1.81 bits per heavy atom. The number of carboxylic acid groups (broad SMARTS) is 1. The lowest BCUT2D eigenvalue weighted by atomic mass is 10.0. The van der Waals surface area contributed by atoms with Gasteiger partial charge in [-0.15, -0.1) is 0 Å². The molecule has 0 radical (unpaired) electrons. The van der Waals surface area contributed by atoms with Gasteiger partial charge in [-0.05, 0) is 42.0 Å². The van der Waals surface area contributed by atoms with Gasteiger partial charge in [0.2, 0.25) is 5.52 Å². The first kappa shape index (κ1) is 27.8. The van der Waals surface area contributed by atoms with E-state index in [0.29, 0.717) is 5.75 Å². The van der Waals surface area contributed by atoms with Gasteiger partial charge >= 0.3 is 0 Å². The highest BCUT2D eigenvalue weighted by molar-refractivity contribution is 7.87. The highest BCUT2D eigenvalue weighted by Gasteiger charge is 2.21. The maximum Gasteiger partial charge on any atom is 0.272 e. The van der Waals surface area contributed by atoms with Gasteiger partial charge in [0, 0.05) is 18.6 Å². The normalized spacial score (nSPS) is 12.1. The molecule has 0 aliphatic heterocycles. The Bertz CT molecular complexity index is 1580. The fourth-order valence-electron chi connectivity index (χ4n) is 4.03. The van der Waals surface area contributed by atoms with E-state index < -0.39 is 21.3 Å². The number of benzene rings is 2. The molecule has 2 heterocycles. The third-order valence-corrected chi connectivity index (χ3v) is 7.14. The lowest BCUT2D eigenvalue weighted by molar-refractivity contribution is -0.518. The monoisotopic (exact) mass is 531 g/mol. The molecule has 0 saturated carbocycles. The minimum absolute atomic E-state index is 0.716. The number of hydrogen-bond acceptors (Lipinski definition) is 8. The molecule has 11 heteroatoms. The van der Waals surface area contributed by atoms with Crippen molar-refractivity contribution in [1.82, 2.24) is 0 Å². The molecule has 4 aromatic rings. The zero-order chi connectivity index (χ0) is 27.5. The van der Waals surface area contributed by atoms with Crippen molar-refractivity contribution in [2.24, 2.45) is 0 Å². The minimum atomic E-state index is -4.46. The summed E-state index contributed by atoms with van der Waals surface area (Å²) in [6, 6.07) is 12.4. The first-order chi connectivity index (χ1) is 17.5. The second-order valence-corrected chi connectivity index (χ2v) is 9.82. The molecule has 1 unspecified atom stereocenters. The molecule has 1 N–H and O–H groups in total. The lowest BCUT2D eigenvalue weighted by Gasteiger charge is -2.12. The standard InChI is InChI=1S/C23H24NO4.C3H6O5S/c1-6-18-17-13-23(28-5)21(26-3)11-15(17)9-19-16-12-22(27-4)20(25-2)10-14(16)7-8-24(18)19;1-2(3(4)5)9(6,7)8/h7-13H,6H2,1-5H3;2H,1H3,(H,4,5)(H,6,7,8)/q+1;/p-1. The van der Waals surface area contributed by atoms with E-state index >= 15 is 0 Å². The van der Waals surface area contributed by atoms with Gasteiger partial charge in [0.25, 0.3) is 10.1 Å². The largest absolute Gasteiger partial charge is 0.549 e. The molecule has 10 nitrogen and oxygen atoms in total. The van der Waals surface area contributed by atoms with Gasteiger partial charge < -0.3 is 28.8 Å². The minimum Gasteiger partial charge on any atom is -0.549 e. The van der Waals surface area contributed by atoms with Crippen molar-refractivity contribution in [3.05, 3.63) is 48.3 Å². The van der Waals surface area contributed by atoms with E-state index in [9.17, 15) is 18.3 Å². The Morgan fingerprint density at radius 2 is 1.38 bits per heavy atom. The molecular formula is C26H29NO9S. The molecule has 0 spiro atoms. The van der Waals surface area contributed by atoms with Crippen molar-refractivity contribution >= 4 is 43.1 Å². The van der Waals surface area contributed by atoms with Crippen LogP contribution in [0.5, 0.6) is 23.0 Å². The van der Waals surface area contributed by atoms with E-state index in [1.165, 1.54) is 5.69 Å². The fourth-order valence-corrected chi connectivity index (χ4v) is 4.27. The topological polar surface area (TPSA) is 136 Å². The molecule has 0 fully saturated rings. The number of aliphatic carboxylic acids is 1. The van der Waals surface area contributed by atoms with Gasteiger partial charge in [-0.2, -0.15) is 12.8 Å². The van der Waals surface area contributed by atoms with Crippen LogP contribution in [0.25, 0.3) is 27.1 Å². The van der Waals surface area contributed by atoms with E-state index in [4.69, 9.17) is 23.5 Å². The number of aryl methyl sites for hydroxylation is 1. The number of hydrogen-bond donors (Lipinski definition) is 1. The molecule has 1 atom stereocenters. The number of rotatable bonds is 7. The van der Waals surface area contributed by atoms with Crippen molar-refractivity contribution < 1.29 is 46.2 Å². The predicted octanol–water partition coefficient (Wildman–Crippen LogP) is 2.34. The Kier molecular flexibility index (Phi) is 8.29. The third-order valence-electron chi connectivity index (χ3n) is 6.06. The van der Waals surface area contributed by atoms with Crippen LogP contribution in [-0.2, 0) is 21.3 Å². The Labute approximate surface area is 214 Å². The molecule has 0 aliphatic carbocycles. The summed E-state index contributed by atoms with van der Waals surface area (Å²) in [6.45, 7) is 2.99. The number of fused-ring (bicyclic) bond motifs is 4. The molecular weight excluding hydrogens is 502 g/mol. The van der Waals surface area contributed by atoms with Gasteiger partial charge in [-0.25, -0.2) is 0 Å². The Balaban J connectivity index is 0.000000364. The van der Waals surface area contributed by atoms with Crippen LogP contribution in [0.15, 0.2) is 42.6 Å². The van der Waals surface area contributed by atoms with Crippen LogP contribution in [0.4, 0.5) is 0 Å². The number of aromatic nitrogens is 1. The van der Waals surface area contributed by atoms with E-state index in [0.717, 1.165) is 57.7 Å². The first-order valence-corrected chi connectivity index (χ1v) is 12.8. The smallest absolute Gasteiger partial charge is 0.272 e. The average Bonchev–Trinajstić information content (AvgIpc) is 2.89. The summed E-state index contributed by atoms with van der Waals surface area (Å²) < 4.78 is 52.1.